The summed E-state index contributed by atoms with van der Waals surface area (Å²) >= 11 is 0. The summed E-state index contributed by atoms with van der Waals surface area (Å²) in [4.78, 5) is 29.8. The van der Waals surface area contributed by atoms with Crippen molar-refractivity contribution in [2.45, 2.75) is 0 Å². The normalized spacial score (nSPS) is 10.3. The first-order chi connectivity index (χ1) is 6.38. The fourth-order valence-corrected chi connectivity index (χ4v) is 1.14. The standard InChI is InChI=1S/C6H6NO6P.Ag/c8-7(9)5-1-3-6(4-2-5)13-14(10,11)12;/h1-4H,(H2,10,11,12);/q;+2/p-2. The fraction of sp³-hybridized carbons (Fsp3) is 0. The predicted octanol–water partition coefficient (Wildman–Crippen LogP) is -0.200. The second kappa shape index (κ2) is 5.41. The Kier molecular flexibility index (Phi) is 5.16. The summed E-state index contributed by atoms with van der Waals surface area (Å²) in [7, 11) is -5.10. The molecular formula is C6H4AgNO6P. The average Bonchev–Trinajstić information content (AvgIpc) is 2.02. The van der Waals surface area contributed by atoms with Gasteiger partial charge in [0.1, 0.15) is 13.6 Å². The Morgan fingerprint density at radius 3 is 2.00 bits per heavy atom. The molecule has 0 spiro atoms. The van der Waals surface area contributed by atoms with Gasteiger partial charge in [-0.3, -0.25) is 10.1 Å². The van der Waals surface area contributed by atoms with Gasteiger partial charge in [-0.1, -0.05) is 0 Å². The van der Waals surface area contributed by atoms with Gasteiger partial charge >= 0.3 is 22.4 Å². The van der Waals surface area contributed by atoms with Crippen LogP contribution in [0.25, 0.3) is 0 Å². The van der Waals surface area contributed by atoms with Crippen molar-refractivity contribution in [3.8, 4) is 5.75 Å². The average molecular weight is 325 g/mol. The molecule has 0 saturated carbocycles. The van der Waals surface area contributed by atoms with Gasteiger partial charge < -0.3 is 18.9 Å². The molecule has 0 heterocycles. The number of rotatable bonds is 3. The molecule has 0 aliphatic carbocycles. The molecule has 0 N–H and O–H groups in total. The zero-order valence-corrected chi connectivity index (χ0v) is 9.33. The van der Waals surface area contributed by atoms with Gasteiger partial charge in [0, 0.05) is 12.1 Å². The van der Waals surface area contributed by atoms with E-state index in [-0.39, 0.29) is 33.8 Å². The summed E-state index contributed by atoms with van der Waals surface area (Å²) in [5.41, 5.74) is -0.219. The van der Waals surface area contributed by atoms with Crippen LogP contribution < -0.4 is 14.3 Å². The number of benzene rings is 1. The molecule has 9 heteroatoms. The number of non-ortho nitro benzene ring substituents is 1. The van der Waals surface area contributed by atoms with E-state index in [1.807, 2.05) is 0 Å². The smallest absolute Gasteiger partial charge is 0.780 e. The summed E-state index contributed by atoms with van der Waals surface area (Å²) < 4.78 is 14.1. The van der Waals surface area contributed by atoms with E-state index in [4.69, 9.17) is 0 Å². The van der Waals surface area contributed by atoms with E-state index in [2.05, 4.69) is 4.52 Å². The molecule has 7 nitrogen and oxygen atoms in total. The molecule has 0 bridgehead atoms. The number of nitro benzene ring substituents is 1. The van der Waals surface area contributed by atoms with E-state index >= 15 is 0 Å². The second-order valence-electron chi connectivity index (χ2n) is 2.29. The van der Waals surface area contributed by atoms with Crippen LogP contribution in [-0.4, -0.2) is 4.92 Å². The summed E-state index contributed by atoms with van der Waals surface area (Å²) in [6, 6.07) is 4.12. The molecule has 0 aliphatic heterocycles. The van der Waals surface area contributed by atoms with Crippen molar-refractivity contribution in [2.24, 2.45) is 0 Å². The van der Waals surface area contributed by atoms with Crippen LogP contribution in [0.4, 0.5) is 5.69 Å². The van der Waals surface area contributed by atoms with Gasteiger partial charge in [-0.05, 0) is 12.1 Å². The minimum atomic E-state index is -5.10. The Balaban J connectivity index is 0.00000196. The number of phosphoric ester groups is 1. The third-order valence-corrected chi connectivity index (χ3v) is 1.70. The van der Waals surface area contributed by atoms with Crippen molar-refractivity contribution in [3.05, 3.63) is 34.4 Å². The number of nitrogens with zero attached hydrogens (tertiary/aromatic N) is 1. The third kappa shape index (κ3) is 5.08. The van der Waals surface area contributed by atoms with Crippen molar-refractivity contribution >= 4 is 13.5 Å². The first-order valence-corrected chi connectivity index (χ1v) is 4.81. The topological polar surface area (TPSA) is 116 Å². The van der Waals surface area contributed by atoms with Gasteiger partial charge in [0.05, 0.1) is 4.92 Å². The van der Waals surface area contributed by atoms with Crippen molar-refractivity contribution in [3.63, 3.8) is 0 Å². The molecular weight excluding hydrogens is 321 g/mol. The molecule has 0 aliphatic rings. The van der Waals surface area contributed by atoms with Gasteiger partial charge in [0.2, 0.25) is 0 Å². The van der Waals surface area contributed by atoms with Crippen molar-refractivity contribution < 1.29 is 46.2 Å². The first-order valence-electron chi connectivity index (χ1n) is 3.34. The van der Waals surface area contributed by atoms with Gasteiger partial charge in [0.15, 0.2) is 0 Å². The van der Waals surface area contributed by atoms with Crippen molar-refractivity contribution in [1.82, 2.24) is 0 Å². The maximum absolute atomic E-state index is 10.2. The maximum atomic E-state index is 10.2. The number of nitro groups is 1. The van der Waals surface area contributed by atoms with Crippen molar-refractivity contribution in [1.29, 1.82) is 0 Å². The fourth-order valence-electron chi connectivity index (χ4n) is 0.758. The summed E-state index contributed by atoms with van der Waals surface area (Å²) in [5, 5.41) is 10.2. The molecule has 15 heavy (non-hydrogen) atoms. The molecule has 1 radical (unpaired) electrons. The second-order valence-corrected chi connectivity index (χ2v) is 3.37. The van der Waals surface area contributed by atoms with Crippen LogP contribution >= 0.6 is 7.82 Å². The Morgan fingerprint density at radius 1 is 1.20 bits per heavy atom. The van der Waals surface area contributed by atoms with Crippen LogP contribution in [0.2, 0.25) is 0 Å². The maximum Gasteiger partial charge on any atom is 2.00 e. The largest absolute Gasteiger partial charge is 2.00 e. The first kappa shape index (κ1) is 14.3. The predicted molar refractivity (Wildman–Crippen MR) is 41.3 cm³/mol. The SMILES string of the molecule is O=[N+]([O-])c1ccc(OP(=O)([O-])[O-])cc1.[Ag+2]. The number of phosphoric acid groups is 1. The molecule has 0 saturated heterocycles. The minimum Gasteiger partial charge on any atom is -0.780 e. The summed E-state index contributed by atoms with van der Waals surface area (Å²) in [5.74, 6) is -0.246. The van der Waals surface area contributed by atoms with Gasteiger partial charge in [-0.15, -0.1) is 0 Å². The van der Waals surface area contributed by atoms with Crippen LogP contribution in [0.5, 0.6) is 5.75 Å². The monoisotopic (exact) mass is 324 g/mol. The van der Waals surface area contributed by atoms with Crippen LogP contribution in [-0.2, 0) is 26.9 Å². The van der Waals surface area contributed by atoms with Gasteiger partial charge in [-0.25, -0.2) is 0 Å². The third-order valence-electron chi connectivity index (χ3n) is 1.26. The molecule has 0 aromatic heterocycles. The molecule has 0 unspecified atom stereocenters. The van der Waals surface area contributed by atoms with E-state index in [1.165, 1.54) is 0 Å². The van der Waals surface area contributed by atoms with Gasteiger partial charge in [-0.2, -0.15) is 0 Å². The Hall–Kier alpha value is -0.690. The van der Waals surface area contributed by atoms with E-state index in [1.54, 1.807) is 0 Å². The van der Waals surface area contributed by atoms with E-state index in [0.29, 0.717) is 0 Å². The molecule has 0 fully saturated rings. The van der Waals surface area contributed by atoms with Gasteiger partial charge in [0.25, 0.3) is 5.69 Å². The molecule has 1 aromatic carbocycles. The van der Waals surface area contributed by atoms with E-state index in [0.717, 1.165) is 24.3 Å². The summed E-state index contributed by atoms with van der Waals surface area (Å²) in [6.45, 7) is 0. The summed E-state index contributed by atoms with van der Waals surface area (Å²) in [6.07, 6.45) is 0. The number of hydrogen-bond donors (Lipinski definition) is 0. The molecule has 1 aromatic rings. The molecule has 85 valence electrons. The van der Waals surface area contributed by atoms with Crippen LogP contribution in [0, 0.1) is 10.1 Å². The van der Waals surface area contributed by atoms with Crippen LogP contribution in [0.15, 0.2) is 24.3 Å². The Bertz CT molecular complexity index is 387. The molecule has 1 rings (SSSR count). The van der Waals surface area contributed by atoms with Crippen LogP contribution in [0.3, 0.4) is 0 Å². The van der Waals surface area contributed by atoms with Crippen molar-refractivity contribution in [2.75, 3.05) is 0 Å². The Labute approximate surface area is 100.0 Å². The quantitative estimate of drug-likeness (QED) is 0.329. The minimum absolute atomic E-state index is 0. The number of hydrogen-bond acceptors (Lipinski definition) is 6. The van der Waals surface area contributed by atoms with Crippen LogP contribution in [0.1, 0.15) is 0 Å². The molecule has 0 atom stereocenters. The Morgan fingerprint density at radius 2 is 1.67 bits per heavy atom. The zero-order valence-electron chi connectivity index (χ0n) is 6.95. The molecule has 0 amide bonds. The van der Waals surface area contributed by atoms with E-state index in [9.17, 15) is 24.5 Å². The zero-order chi connectivity index (χ0) is 10.8. The van der Waals surface area contributed by atoms with E-state index < -0.39 is 12.7 Å².